The molecule has 41 heavy (non-hydrogen) atoms. The monoisotopic (exact) mass is 619 g/mol. The first kappa shape index (κ1) is 32.2. The van der Waals surface area contributed by atoms with Crippen molar-refractivity contribution in [2.24, 2.45) is 5.92 Å². The average molecular weight is 621 g/mol. The summed E-state index contributed by atoms with van der Waals surface area (Å²) in [6, 6.07) is 18.4. The van der Waals surface area contributed by atoms with Crippen molar-refractivity contribution in [3.8, 4) is 5.75 Å². The number of rotatable bonds is 13. The second-order valence-corrected chi connectivity index (χ2v) is 12.5. The first-order valence-corrected chi connectivity index (χ1v) is 15.4. The second kappa shape index (κ2) is 14.6. The molecule has 11 heteroatoms. The Hall–Kier alpha value is -3.27. The number of amides is 2. The van der Waals surface area contributed by atoms with E-state index in [0.29, 0.717) is 27.9 Å². The van der Waals surface area contributed by atoms with Crippen molar-refractivity contribution in [2.45, 2.75) is 44.7 Å². The number of methoxy groups -OCH3 is 1. The highest BCUT2D eigenvalue weighted by Gasteiger charge is 2.34. The number of halogens is 2. The molecule has 0 aliphatic heterocycles. The summed E-state index contributed by atoms with van der Waals surface area (Å²) < 4.78 is 34.1. The molecule has 3 aromatic carbocycles. The molecule has 0 fully saturated rings. The molecule has 3 rings (SSSR count). The quantitative estimate of drug-likeness (QED) is 0.262. The number of hydrogen-bond donors (Lipinski definition) is 1. The van der Waals surface area contributed by atoms with Crippen LogP contribution in [0.15, 0.2) is 77.7 Å². The van der Waals surface area contributed by atoms with Gasteiger partial charge < -0.3 is 15.0 Å². The molecule has 0 spiro atoms. The lowest BCUT2D eigenvalue weighted by Crippen LogP contribution is -2.52. The normalized spacial score (nSPS) is 12.1. The third-order valence-electron chi connectivity index (χ3n) is 6.41. The molecule has 1 N–H and O–H groups in total. The van der Waals surface area contributed by atoms with Gasteiger partial charge in [-0.25, -0.2) is 8.42 Å². The molecule has 8 nitrogen and oxygen atoms in total. The number of carbonyl (C=O) groups is 2. The third-order valence-corrected chi connectivity index (χ3v) is 8.91. The minimum Gasteiger partial charge on any atom is -0.497 e. The topological polar surface area (TPSA) is 96.0 Å². The molecular weight excluding hydrogens is 585 g/mol. The molecule has 0 saturated carbocycles. The zero-order valence-corrected chi connectivity index (χ0v) is 25.8. The summed E-state index contributed by atoms with van der Waals surface area (Å²) in [5.74, 6) is -0.341. The van der Waals surface area contributed by atoms with E-state index in [1.54, 1.807) is 61.5 Å². The van der Waals surface area contributed by atoms with E-state index in [1.165, 1.54) is 30.2 Å². The van der Waals surface area contributed by atoms with Crippen molar-refractivity contribution in [3.05, 3.63) is 88.4 Å². The molecule has 0 saturated heterocycles. The minimum atomic E-state index is -4.19. The first-order valence-electron chi connectivity index (χ1n) is 13.2. The van der Waals surface area contributed by atoms with Gasteiger partial charge in [-0.2, -0.15) is 0 Å². The van der Waals surface area contributed by atoms with Crippen LogP contribution < -0.4 is 14.4 Å². The fourth-order valence-corrected chi connectivity index (χ4v) is 6.15. The van der Waals surface area contributed by atoms with Gasteiger partial charge in [0.05, 0.1) is 17.7 Å². The number of benzene rings is 3. The van der Waals surface area contributed by atoms with Gasteiger partial charge in [-0.15, -0.1) is 0 Å². The van der Waals surface area contributed by atoms with Gasteiger partial charge >= 0.3 is 0 Å². The van der Waals surface area contributed by atoms with Crippen molar-refractivity contribution >= 4 is 50.7 Å². The predicted octanol–water partition coefficient (Wildman–Crippen LogP) is 5.78. The molecular formula is C30H35Cl2N3O5S. The molecule has 0 bridgehead atoms. The van der Waals surface area contributed by atoms with E-state index in [9.17, 15) is 18.0 Å². The SMILES string of the molecule is CC[C@@H](C(=O)NCC(C)C)N(Cc1c(Cl)cccc1Cl)C(=O)CN(c1cccc(OC)c1)S(=O)(=O)c1ccccc1. The van der Waals surface area contributed by atoms with Crippen LogP contribution in [0.1, 0.15) is 32.8 Å². The second-order valence-electron chi connectivity index (χ2n) is 9.81. The lowest BCUT2D eigenvalue weighted by atomic mass is 10.1. The minimum absolute atomic E-state index is 0.0121. The van der Waals surface area contributed by atoms with Crippen LogP contribution in [0.2, 0.25) is 10.0 Å². The van der Waals surface area contributed by atoms with Crippen LogP contribution in [-0.2, 0) is 26.2 Å². The molecule has 3 aromatic rings. The van der Waals surface area contributed by atoms with Gasteiger partial charge in [0.25, 0.3) is 10.0 Å². The number of carbonyl (C=O) groups excluding carboxylic acids is 2. The molecule has 0 aromatic heterocycles. The standard InChI is InChI=1S/C30H35Cl2N3O5S/c1-5-28(30(37)33-18-21(2)3)34(19-25-26(31)15-10-16-27(25)32)29(36)20-35(22-11-9-12-23(17-22)40-4)41(38,39)24-13-7-6-8-14-24/h6-17,21,28H,5,18-20H2,1-4H3,(H,33,37)/t28-/m0/s1. The van der Waals surface area contributed by atoms with Gasteiger partial charge in [-0.3, -0.25) is 13.9 Å². The summed E-state index contributed by atoms with van der Waals surface area (Å²) in [6.45, 7) is 5.46. The Kier molecular flexibility index (Phi) is 11.5. The molecule has 2 amide bonds. The van der Waals surface area contributed by atoms with Crippen LogP contribution in [0, 0.1) is 5.92 Å². The molecule has 0 radical (unpaired) electrons. The number of nitrogens with zero attached hydrogens (tertiary/aromatic N) is 2. The van der Waals surface area contributed by atoms with E-state index in [0.717, 1.165) is 4.31 Å². The van der Waals surface area contributed by atoms with Crippen LogP contribution in [-0.4, -0.2) is 51.4 Å². The van der Waals surface area contributed by atoms with Gasteiger partial charge in [-0.1, -0.05) is 74.3 Å². The van der Waals surface area contributed by atoms with Gasteiger partial charge in [0.15, 0.2) is 0 Å². The van der Waals surface area contributed by atoms with Gasteiger partial charge in [-0.05, 0) is 48.7 Å². The molecule has 0 aliphatic carbocycles. The lowest BCUT2D eigenvalue weighted by molar-refractivity contribution is -0.140. The fourth-order valence-electron chi connectivity index (χ4n) is 4.21. The number of nitrogens with one attached hydrogen (secondary N) is 1. The van der Waals surface area contributed by atoms with Crippen molar-refractivity contribution in [2.75, 3.05) is 24.5 Å². The van der Waals surface area contributed by atoms with Crippen LogP contribution in [0.25, 0.3) is 0 Å². The Balaban J connectivity index is 2.09. The highest BCUT2D eigenvalue weighted by molar-refractivity contribution is 7.92. The van der Waals surface area contributed by atoms with Crippen LogP contribution in [0.5, 0.6) is 5.75 Å². The summed E-state index contributed by atoms with van der Waals surface area (Å²) in [6.07, 6.45) is 0.280. The van der Waals surface area contributed by atoms with E-state index >= 15 is 0 Å². The Bertz CT molecular complexity index is 1430. The van der Waals surface area contributed by atoms with Crippen molar-refractivity contribution in [3.63, 3.8) is 0 Å². The van der Waals surface area contributed by atoms with Crippen LogP contribution in [0.3, 0.4) is 0 Å². The lowest BCUT2D eigenvalue weighted by Gasteiger charge is -2.33. The van der Waals surface area contributed by atoms with Crippen molar-refractivity contribution in [1.82, 2.24) is 10.2 Å². The fraction of sp³-hybridized carbons (Fsp3) is 0.333. The number of hydrogen-bond acceptors (Lipinski definition) is 5. The van der Waals surface area contributed by atoms with Gasteiger partial charge in [0.2, 0.25) is 11.8 Å². The van der Waals surface area contributed by atoms with E-state index in [2.05, 4.69) is 5.32 Å². The highest BCUT2D eigenvalue weighted by atomic mass is 35.5. The van der Waals surface area contributed by atoms with Crippen molar-refractivity contribution < 1.29 is 22.7 Å². The van der Waals surface area contributed by atoms with E-state index in [4.69, 9.17) is 27.9 Å². The Morgan fingerprint density at radius 3 is 2.17 bits per heavy atom. The predicted molar refractivity (Wildman–Crippen MR) is 163 cm³/mol. The van der Waals surface area contributed by atoms with Crippen LogP contribution >= 0.6 is 23.2 Å². The van der Waals surface area contributed by atoms with E-state index in [1.807, 2.05) is 13.8 Å². The number of ether oxygens (including phenoxy) is 1. The van der Waals surface area contributed by atoms with Gasteiger partial charge in [0, 0.05) is 34.8 Å². The molecule has 1 atom stereocenters. The summed E-state index contributed by atoms with van der Waals surface area (Å²) in [4.78, 5) is 28.8. The van der Waals surface area contributed by atoms with Gasteiger partial charge in [0.1, 0.15) is 18.3 Å². The Labute approximate surface area is 252 Å². The van der Waals surface area contributed by atoms with Crippen molar-refractivity contribution in [1.29, 1.82) is 0 Å². The molecule has 0 aliphatic rings. The van der Waals surface area contributed by atoms with E-state index < -0.39 is 28.5 Å². The maximum absolute atomic E-state index is 14.2. The maximum Gasteiger partial charge on any atom is 0.264 e. The largest absolute Gasteiger partial charge is 0.497 e. The Morgan fingerprint density at radius 2 is 1.59 bits per heavy atom. The zero-order valence-electron chi connectivity index (χ0n) is 23.5. The van der Waals surface area contributed by atoms with E-state index in [-0.39, 0.29) is 35.4 Å². The number of sulfonamides is 1. The Morgan fingerprint density at radius 1 is 0.951 bits per heavy atom. The van der Waals surface area contributed by atoms with Crippen LogP contribution in [0.4, 0.5) is 5.69 Å². The highest BCUT2D eigenvalue weighted by Crippen LogP contribution is 2.30. The third kappa shape index (κ3) is 8.15. The molecule has 220 valence electrons. The zero-order chi connectivity index (χ0) is 30.2. The average Bonchev–Trinajstić information content (AvgIpc) is 2.96. The summed E-state index contributed by atoms with van der Waals surface area (Å²) in [5, 5.41) is 3.55. The first-order chi connectivity index (χ1) is 19.5. The number of anilines is 1. The summed E-state index contributed by atoms with van der Waals surface area (Å²) >= 11 is 12.9. The molecule has 0 unspecified atom stereocenters. The summed E-state index contributed by atoms with van der Waals surface area (Å²) in [7, 11) is -2.72. The maximum atomic E-state index is 14.2. The summed E-state index contributed by atoms with van der Waals surface area (Å²) in [5.41, 5.74) is 0.688. The molecule has 0 heterocycles. The smallest absolute Gasteiger partial charge is 0.264 e.